The molecule has 1 aliphatic heterocycles. The highest BCUT2D eigenvalue weighted by Crippen LogP contribution is 2.47. The summed E-state index contributed by atoms with van der Waals surface area (Å²) in [6, 6.07) is 73.3. The summed E-state index contributed by atoms with van der Waals surface area (Å²) in [7, 11) is -2.15. The molecule has 11 aromatic rings. The average molecular weight is 739 g/mol. The Morgan fingerprint density at radius 3 is 1.37 bits per heavy atom. The number of hydrogen-bond acceptors (Lipinski definition) is 0. The van der Waals surface area contributed by atoms with E-state index in [0.717, 1.165) is 0 Å². The van der Waals surface area contributed by atoms with Crippen LogP contribution >= 0.6 is 0 Å². The van der Waals surface area contributed by atoms with Crippen LogP contribution in [0.25, 0.3) is 109 Å². The molecule has 266 valence electrons. The minimum Gasteiger partial charge on any atom is -0.0616 e. The first-order valence-electron chi connectivity index (χ1n) is 20.1. The van der Waals surface area contributed by atoms with Gasteiger partial charge in [-0.15, -0.1) is 0 Å². The van der Waals surface area contributed by atoms with Crippen molar-refractivity contribution in [1.82, 2.24) is 0 Å². The molecule has 0 saturated carbocycles. The Hall–Kier alpha value is -6.80. The van der Waals surface area contributed by atoms with E-state index in [1.807, 2.05) is 0 Å². The van der Waals surface area contributed by atoms with Crippen LogP contribution in [0.4, 0.5) is 0 Å². The second kappa shape index (κ2) is 12.1. The molecule has 0 aromatic heterocycles. The largest absolute Gasteiger partial charge is 0.113 e. The monoisotopic (exact) mass is 738 g/mol. The first-order valence-corrected chi connectivity index (χ1v) is 23.1. The fourth-order valence-corrected chi connectivity index (χ4v) is 13.3. The first-order chi connectivity index (χ1) is 28.0. The van der Waals surface area contributed by atoms with E-state index in [9.17, 15) is 0 Å². The van der Waals surface area contributed by atoms with Crippen molar-refractivity contribution < 1.29 is 0 Å². The van der Waals surface area contributed by atoms with Crippen molar-refractivity contribution in [3.63, 3.8) is 0 Å². The van der Waals surface area contributed by atoms with Crippen LogP contribution in [-0.2, 0) is 0 Å². The molecule has 0 fully saturated rings. The molecular formula is C56H38Si. The maximum Gasteiger partial charge on any atom is 0.113 e. The van der Waals surface area contributed by atoms with E-state index in [-0.39, 0.29) is 0 Å². The molecular weight excluding hydrogens is 701 g/mol. The van der Waals surface area contributed by atoms with E-state index in [2.05, 4.69) is 207 Å². The summed E-state index contributed by atoms with van der Waals surface area (Å²) in [5.74, 6) is 0. The van der Waals surface area contributed by atoms with Crippen molar-refractivity contribution in [2.24, 2.45) is 0 Å². The third-order valence-electron chi connectivity index (χ3n) is 13.0. The lowest BCUT2D eigenvalue weighted by molar-refractivity contribution is 1.67. The van der Waals surface area contributed by atoms with Gasteiger partial charge in [0.1, 0.15) is 8.07 Å². The van der Waals surface area contributed by atoms with Crippen LogP contribution in [-0.4, -0.2) is 8.07 Å². The molecule has 1 aliphatic rings. The Labute approximate surface area is 333 Å². The maximum absolute atomic E-state index is 2.61. The smallest absolute Gasteiger partial charge is 0.0616 e. The standard InChI is InChI=1S/C56H38Si/c1-57(2)53-32-40(49-31-39-17-7-8-18-43(39)44-19-9-10-20-45(44)49)27-28-46(53)50-33-51-52(34-54(50)57)56(42-26-24-36-14-4-6-16-38(36)30-42)48-22-12-11-21-47(48)55(51)41-25-23-35-13-3-5-15-37(35)29-41/h3-34H,1-2H3. The highest BCUT2D eigenvalue weighted by Gasteiger charge is 2.38. The summed E-state index contributed by atoms with van der Waals surface area (Å²) in [4.78, 5) is 0. The van der Waals surface area contributed by atoms with E-state index in [1.54, 1.807) is 0 Å². The lowest BCUT2D eigenvalue weighted by Crippen LogP contribution is -2.49. The Bertz CT molecular complexity index is 3500. The molecule has 0 atom stereocenters. The topological polar surface area (TPSA) is 0 Å². The molecule has 0 N–H and O–H groups in total. The van der Waals surface area contributed by atoms with Gasteiger partial charge in [-0.3, -0.25) is 0 Å². The molecule has 11 aromatic carbocycles. The van der Waals surface area contributed by atoms with Crippen LogP contribution in [0.1, 0.15) is 0 Å². The molecule has 0 spiro atoms. The van der Waals surface area contributed by atoms with Crippen molar-refractivity contribution in [2.75, 3.05) is 0 Å². The van der Waals surface area contributed by atoms with Crippen molar-refractivity contribution in [1.29, 1.82) is 0 Å². The fourth-order valence-electron chi connectivity index (χ4n) is 10.2. The zero-order chi connectivity index (χ0) is 37.8. The van der Waals surface area contributed by atoms with Crippen LogP contribution in [0, 0.1) is 0 Å². The SMILES string of the molecule is C[Si]1(C)c2cc(-c3cc4ccccc4c4ccccc34)ccc2-c2cc3c(-c4ccc5ccccc5c4)c4ccccc4c(-c4ccc5ccccc5c4)c3cc21. The van der Waals surface area contributed by atoms with Crippen molar-refractivity contribution >= 4 is 83.1 Å². The second-order valence-corrected chi connectivity index (χ2v) is 20.8. The van der Waals surface area contributed by atoms with Gasteiger partial charge in [0.2, 0.25) is 0 Å². The predicted octanol–water partition coefficient (Wildman–Crippen LogP) is 14.4. The van der Waals surface area contributed by atoms with Gasteiger partial charge in [0, 0.05) is 0 Å². The minimum absolute atomic E-state index is 1.26. The summed E-state index contributed by atoms with van der Waals surface area (Å²) in [5, 5.41) is 18.5. The lowest BCUT2D eigenvalue weighted by atomic mass is 9.84. The van der Waals surface area contributed by atoms with Crippen LogP contribution in [0.5, 0.6) is 0 Å². The van der Waals surface area contributed by atoms with Gasteiger partial charge in [0.25, 0.3) is 0 Å². The van der Waals surface area contributed by atoms with Gasteiger partial charge in [-0.1, -0.05) is 183 Å². The van der Waals surface area contributed by atoms with E-state index < -0.39 is 8.07 Å². The zero-order valence-corrected chi connectivity index (χ0v) is 33.0. The number of rotatable bonds is 3. The van der Waals surface area contributed by atoms with Gasteiger partial charge in [-0.05, 0) is 144 Å². The second-order valence-electron chi connectivity index (χ2n) is 16.4. The van der Waals surface area contributed by atoms with Gasteiger partial charge in [-0.25, -0.2) is 0 Å². The molecule has 0 saturated heterocycles. The van der Waals surface area contributed by atoms with Crippen molar-refractivity contribution in [2.45, 2.75) is 13.1 Å². The van der Waals surface area contributed by atoms with Gasteiger partial charge >= 0.3 is 0 Å². The third kappa shape index (κ3) is 4.79. The van der Waals surface area contributed by atoms with E-state index in [0.29, 0.717) is 0 Å². The molecule has 0 bridgehead atoms. The van der Waals surface area contributed by atoms with Crippen LogP contribution in [0.2, 0.25) is 13.1 Å². The number of hydrogen-bond donors (Lipinski definition) is 0. The van der Waals surface area contributed by atoms with Crippen molar-refractivity contribution in [3.8, 4) is 44.5 Å². The van der Waals surface area contributed by atoms with E-state index in [1.165, 1.54) is 120 Å². The summed E-state index contributed by atoms with van der Waals surface area (Å²) in [5.41, 5.74) is 10.5. The molecule has 1 heteroatoms. The highest BCUT2D eigenvalue weighted by atomic mass is 28.3. The summed E-state index contributed by atoms with van der Waals surface area (Å²) in [6.45, 7) is 5.12. The van der Waals surface area contributed by atoms with Crippen molar-refractivity contribution in [3.05, 3.63) is 194 Å². The van der Waals surface area contributed by atoms with Crippen LogP contribution in [0.3, 0.4) is 0 Å². The zero-order valence-electron chi connectivity index (χ0n) is 32.0. The van der Waals surface area contributed by atoms with Crippen LogP contribution in [0.15, 0.2) is 194 Å². The lowest BCUT2D eigenvalue weighted by Gasteiger charge is -2.23. The normalized spacial score (nSPS) is 13.2. The Morgan fingerprint density at radius 1 is 0.263 bits per heavy atom. The quantitative estimate of drug-likeness (QED) is 0.0962. The van der Waals surface area contributed by atoms with Gasteiger partial charge < -0.3 is 0 Å². The van der Waals surface area contributed by atoms with E-state index >= 15 is 0 Å². The molecule has 0 aliphatic carbocycles. The summed E-state index contributed by atoms with van der Waals surface area (Å²) < 4.78 is 0. The molecule has 12 rings (SSSR count). The number of benzene rings is 11. The first kappa shape index (κ1) is 32.4. The Kier molecular flexibility index (Phi) is 6.88. The molecule has 1 heterocycles. The minimum atomic E-state index is -2.15. The van der Waals surface area contributed by atoms with Crippen LogP contribution < -0.4 is 10.4 Å². The van der Waals surface area contributed by atoms with Gasteiger partial charge in [0.05, 0.1) is 0 Å². The molecule has 0 amide bonds. The Morgan fingerprint density at radius 2 is 0.737 bits per heavy atom. The van der Waals surface area contributed by atoms with Gasteiger partial charge in [0.15, 0.2) is 0 Å². The third-order valence-corrected chi connectivity index (χ3v) is 16.5. The maximum atomic E-state index is 2.61. The van der Waals surface area contributed by atoms with Gasteiger partial charge in [-0.2, -0.15) is 0 Å². The predicted molar refractivity (Wildman–Crippen MR) is 250 cm³/mol. The molecule has 57 heavy (non-hydrogen) atoms. The molecule has 0 unspecified atom stereocenters. The Balaban J connectivity index is 1.15. The highest BCUT2D eigenvalue weighted by molar-refractivity contribution is 7.04. The average Bonchev–Trinajstić information content (AvgIpc) is 3.48. The van der Waals surface area contributed by atoms with E-state index in [4.69, 9.17) is 0 Å². The summed E-state index contributed by atoms with van der Waals surface area (Å²) >= 11 is 0. The fraction of sp³-hybridized carbons (Fsp3) is 0.0357. The molecule has 0 nitrogen and oxygen atoms in total. The number of fused-ring (bicyclic) bond motifs is 10. The molecule has 0 radical (unpaired) electrons. The summed E-state index contributed by atoms with van der Waals surface area (Å²) in [6.07, 6.45) is 0.